The minimum Gasteiger partial charge on any atom is -0.496 e. The van der Waals surface area contributed by atoms with Gasteiger partial charge in [-0.2, -0.15) is 0 Å². The van der Waals surface area contributed by atoms with Crippen LogP contribution >= 0.6 is 0 Å². The second kappa shape index (κ2) is 6.68. The molecule has 4 heteroatoms. The maximum absolute atomic E-state index is 14.1. The quantitative estimate of drug-likeness (QED) is 0.899. The Labute approximate surface area is 123 Å². The summed E-state index contributed by atoms with van der Waals surface area (Å²) in [6.45, 7) is 4.41. The van der Waals surface area contributed by atoms with E-state index in [0.717, 1.165) is 11.1 Å². The van der Waals surface area contributed by atoms with Crippen molar-refractivity contribution >= 4 is 0 Å². The summed E-state index contributed by atoms with van der Waals surface area (Å²) in [6, 6.07) is 8.92. The molecule has 0 spiro atoms. The fourth-order valence-electron chi connectivity index (χ4n) is 2.44. The van der Waals surface area contributed by atoms with Crippen LogP contribution in [0.2, 0.25) is 0 Å². The molecule has 2 aromatic rings. The van der Waals surface area contributed by atoms with Gasteiger partial charge in [0.15, 0.2) is 0 Å². The van der Waals surface area contributed by atoms with Crippen LogP contribution in [-0.4, -0.2) is 13.7 Å². The van der Waals surface area contributed by atoms with E-state index in [1.54, 1.807) is 7.11 Å². The highest BCUT2D eigenvalue weighted by Crippen LogP contribution is 2.33. The maximum Gasteiger partial charge on any atom is 0.131 e. The van der Waals surface area contributed by atoms with Crippen LogP contribution in [0.15, 0.2) is 36.4 Å². The van der Waals surface area contributed by atoms with Gasteiger partial charge in [0, 0.05) is 11.1 Å². The van der Waals surface area contributed by atoms with Crippen molar-refractivity contribution in [2.45, 2.75) is 19.9 Å². The molecule has 2 nitrogen and oxygen atoms in total. The van der Waals surface area contributed by atoms with Crippen LogP contribution in [0, 0.1) is 18.6 Å². The predicted molar refractivity (Wildman–Crippen MR) is 79.6 cm³/mol. The van der Waals surface area contributed by atoms with E-state index in [2.05, 4.69) is 5.32 Å². The third-order valence-electron chi connectivity index (χ3n) is 3.39. The second-order valence-corrected chi connectivity index (χ2v) is 4.87. The number of nitrogens with one attached hydrogen (secondary N) is 1. The molecule has 2 rings (SSSR count). The standard InChI is InChI=1S/C17H19F2NO/c1-4-20-17(16-13(18)6-5-7-14(16)19)12-10-11(2)8-9-15(12)21-3/h5-10,17,20H,4H2,1-3H3. The molecule has 0 heterocycles. The molecule has 0 aromatic heterocycles. The molecule has 21 heavy (non-hydrogen) atoms. The Kier molecular flexibility index (Phi) is 4.91. The first-order valence-electron chi connectivity index (χ1n) is 6.90. The van der Waals surface area contributed by atoms with Gasteiger partial charge in [0.1, 0.15) is 17.4 Å². The van der Waals surface area contributed by atoms with E-state index in [1.807, 2.05) is 32.0 Å². The fourth-order valence-corrected chi connectivity index (χ4v) is 2.44. The van der Waals surface area contributed by atoms with E-state index < -0.39 is 17.7 Å². The Morgan fingerprint density at radius 2 is 1.81 bits per heavy atom. The lowest BCUT2D eigenvalue weighted by Gasteiger charge is -2.22. The number of methoxy groups -OCH3 is 1. The van der Waals surface area contributed by atoms with Crippen molar-refractivity contribution < 1.29 is 13.5 Å². The number of halogens is 2. The van der Waals surface area contributed by atoms with E-state index in [-0.39, 0.29) is 5.56 Å². The monoisotopic (exact) mass is 291 g/mol. The first kappa shape index (κ1) is 15.4. The highest BCUT2D eigenvalue weighted by atomic mass is 19.1. The van der Waals surface area contributed by atoms with E-state index in [4.69, 9.17) is 4.74 Å². The van der Waals surface area contributed by atoms with Crippen molar-refractivity contribution in [3.63, 3.8) is 0 Å². The SMILES string of the molecule is CCNC(c1cc(C)ccc1OC)c1c(F)cccc1F. The number of aryl methyl sites for hydroxylation is 1. The molecular weight excluding hydrogens is 272 g/mol. The minimum atomic E-state index is -0.592. The van der Waals surface area contributed by atoms with Gasteiger partial charge in [-0.1, -0.05) is 30.7 Å². The Bertz CT molecular complexity index is 608. The summed E-state index contributed by atoms with van der Waals surface area (Å²) in [7, 11) is 1.55. The molecule has 0 fully saturated rings. The molecule has 0 saturated heterocycles. The summed E-state index contributed by atoms with van der Waals surface area (Å²) >= 11 is 0. The van der Waals surface area contributed by atoms with Crippen molar-refractivity contribution in [1.82, 2.24) is 5.32 Å². The molecule has 1 N–H and O–H groups in total. The zero-order chi connectivity index (χ0) is 15.4. The third-order valence-corrected chi connectivity index (χ3v) is 3.39. The average molecular weight is 291 g/mol. The van der Waals surface area contributed by atoms with Gasteiger partial charge in [-0.25, -0.2) is 8.78 Å². The lowest BCUT2D eigenvalue weighted by molar-refractivity contribution is 0.401. The summed E-state index contributed by atoms with van der Waals surface area (Å²) < 4.78 is 33.6. The van der Waals surface area contributed by atoms with Crippen molar-refractivity contribution in [1.29, 1.82) is 0 Å². The minimum absolute atomic E-state index is 0.0169. The van der Waals surface area contributed by atoms with Crippen molar-refractivity contribution in [2.75, 3.05) is 13.7 Å². The van der Waals surface area contributed by atoms with Gasteiger partial charge in [-0.3, -0.25) is 0 Å². The molecule has 0 amide bonds. The molecule has 0 saturated carbocycles. The molecule has 0 aliphatic heterocycles. The van der Waals surface area contributed by atoms with E-state index in [0.29, 0.717) is 12.3 Å². The summed E-state index contributed by atoms with van der Waals surface area (Å²) in [5.41, 5.74) is 1.75. The summed E-state index contributed by atoms with van der Waals surface area (Å²) in [4.78, 5) is 0. The first-order chi connectivity index (χ1) is 10.1. The van der Waals surface area contributed by atoms with E-state index in [9.17, 15) is 8.78 Å². The number of rotatable bonds is 5. The normalized spacial score (nSPS) is 12.2. The predicted octanol–water partition coefficient (Wildman–Crippen LogP) is 3.98. The highest BCUT2D eigenvalue weighted by molar-refractivity contribution is 5.44. The van der Waals surface area contributed by atoms with Gasteiger partial charge in [0.05, 0.1) is 13.2 Å². The van der Waals surface area contributed by atoms with Crippen LogP contribution in [-0.2, 0) is 0 Å². The molecule has 0 radical (unpaired) electrons. The summed E-state index contributed by atoms with van der Waals surface area (Å²) in [5.74, 6) is -0.525. The molecule has 1 unspecified atom stereocenters. The number of benzene rings is 2. The van der Waals surface area contributed by atoms with Crippen molar-refractivity contribution in [2.24, 2.45) is 0 Å². The molecule has 2 aromatic carbocycles. The zero-order valence-electron chi connectivity index (χ0n) is 12.4. The zero-order valence-corrected chi connectivity index (χ0v) is 12.4. The molecule has 112 valence electrons. The fraction of sp³-hybridized carbons (Fsp3) is 0.294. The summed E-state index contributed by atoms with van der Waals surface area (Å²) in [6.07, 6.45) is 0. The van der Waals surface area contributed by atoms with Crippen LogP contribution in [0.4, 0.5) is 8.78 Å². The van der Waals surface area contributed by atoms with Crippen LogP contribution in [0.5, 0.6) is 5.75 Å². The smallest absolute Gasteiger partial charge is 0.131 e. The van der Waals surface area contributed by atoms with Gasteiger partial charge in [-0.15, -0.1) is 0 Å². The first-order valence-corrected chi connectivity index (χ1v) is 6.90. The van der Waals surface area contributed by atoms with E-state index >= 15 is 0 Å². The summed E-state index contributed by atoms with van der Waals surface area (Å²) in [5, 5.41) is 3.14. The molecular formula is C17H19F2NO. The van der Waals surface area contributed by atoms with Crippen molar-refractivity contribution in [3.8, 4) is 5.75 Å². The number of hydrogen-bond acceptors (Lipinski definition) is 2. The maximum atomic E-state index is 14.1. The Balaban J connectivity index is 2.61. The molecule has 0 aliphatic carbocycles. The lowest BCUT2D eigenvalue weighted by atomic mass is 9.95. The van der Waals surface area contributed by atoms with Crippen LogP contribution in [0.3, 0.4) is 0 Å². The number of ether oxygens (including phenoxy) is 1. The topological polar surface area (TPSA) is 21.3 Å². The number of hydrogen-bond donors (Lipinski definition) is 1. The van der Waals surface area contributed by atoms with Crippen LogP contribution in [0.25, 0.3) is 0 Å². The van der Waals surface area contributed by atoms with Gasteiger partial charge < -0.3 is 10.1 Å². The Hall–Kier alpha value is -1.94. The average Bonchev–Trinajstić information content (AvgIpc) is 2.46. The largest absolute Gasteiger partial charge is 0.496 e. The van der Waals surface area contributed by atoms with E-state index in [1.165, 1.54) is 18.2 Å². The van der Waals surface area contributed by atoms with Crippen molar-refractivity contribution in [3.05, 3.63) is 64.7 Å². The van der Waals surface area contributed by atoms with Crippen LogP contribution < -0.4 is 10.1 Å². The Morgan fingerprint density at radius 3 is 2.38 bits per heavy atom. The lowest BCUT2D eigenvalue weighted by Crippen LogP contribution is -2.24. The molecule has 1 atom stereocenters. The molecule has 0 bridgehead atoms. The van der Waals surface area contributed by atoms with Gasteiger partial charge in [-0.05, 0) is 31.7 Å². The second-order valence-electron chi connectivity index (χ2n) is 4.87. The van der Waals surface area contributed by atoms with Crippen LogP contribution in [0.1, 0.15) is 29.7 Å². The van der Waals surface area contributed by atoms with Gasteiger partial charge in [0.25, 0.3) is 0 Å². The Morgan fingerprint density at radius 1 is 1.14 bits per heavy atom. The highest BCUT2D eigenvalue weighted by Gasteiger charge is 2.24. The third kappa shape index (κ3) is 3.22. The molecule has 0 aliphatic rings. The van der Waals surface area contributed by atoms with Gasteiger partial charge in [0.2, 0.25) is 0 Å². The van der Waals surface area contributed by atoms with Gasteiger partial charge >= 0.3 is 0 Å².